The van der Waals surface area contributed by atoms with Crippen LogP contribution < -0.4 is 16.9 Å². The van der Waals surface area contributed by atoms with Gasteiger partial charge in [-0.25, -0.2) is 14.4 Å². The van der Waals surface area contributed by atoms with E-state index in [1.807, 2.05) is 117 Å². The molecule has 0 aliphatic carbocycles. The second kappa shape index (κ2) is 17.6. The van der Waals surface area contributed by atoms with Crippen molar-refractivity contribution in [2.45, 2.75) is 78.6 Å². The average molecular weight is 918 g/mol. The van der Waals surface area contributed by atoms with Crippen LogP contribution in [0.3, 0.4) is 0 Å². The molecule has 10 aromatic rings. The molecule has 7 aromatic carbocycles. The first kappa shape index (κ1) is 47.3. The average Bonchev–Trinajstić information content (AvgIpc) is 3.32. The van der Waals surface area contributed by atoms with Gasteiger partial charge in [-0.3, -0.25) is 0 Å². The lowest BCUT2D eigenvalue weighted by atomic mass is 9.85. The Morgan fingerprint density at radius 3 is 0.743 bits per heavy atom. The van der Waals surface area contributed by atoms with Gasteiger partial charge in [0.2, 0.25) is 0 Å². The maximum absolute atomic E-state index is 13.3. The van der Waals surface area contributed by atoms with Crippen LogP contribution in [0.25, 0.3) is 99.1 Å². The van der Waals surface area contributed by atoms with Gasteiger partial charge in [-0.1, -0.05) is 153 Å². The molecule has 0 saturated carbocycles. The molecule has 0 aliphatic rings. The molecule has 3 radical (unpaired) electrons. The fourth-order valence-electron chi connectivity index (χ4n) is 9.25. The van der Waals surface area contributed by atoms with Crippen LogP contribution in [0.2, 0.25) is 0 Å². The zero-order chi connectivity index (χ0) is 48.6. The van der Waals surface area contributed by atoms with Crippen molar-refractivity contribution < 1.29 is 13.3 Å². The van der Waals surface area contributed by atoms with Crippen molar-refractivity contribution in [3.8, 4) is 66.8 Å². The van der Waals surface area contributed by atoms with Gasteiger partial charge in [0, 0.05) is 24.7 Å². The molecule has 0 aliphatic heterocycles. The number of fused-ring (bicyclic) bond motifs is 3. The minimum Gasteiger partial charge on any atom is -0.427 e. The molecule has 0 atom stereocenters. The summed E-state index contributed by atoms with van der Waals surface area (Å²) in [6, 6.07) is 55.8. The third kappa shape index (κ3) is 8.88. The monoisotopic (exact) mass is 917 g/mol. The Morgan fingerprint density at radius 1 is 0.286 bits per heavy atom. The van der Waals surface area contributed by atoms with Crippen LogP contribution in [-0.2, 0) is 16.2 Å². The van der Waals surface area contributed by atoms with Gasteiger partial charge in [0.05, 0.1) is 16.2 Å². The van der Waals surface area contributed by atoms with E-state index < -0.39 is 0 Å². The first-order chi connectivity index (χ1) is 32.8. The van der Waals surface area contributed by atoms with E-state index in [9.17, 15) is 14.4 Å². The van der Waals surface area contributed by atoms with E-state index in [0.29, 0.717) is 33.4 Å². The molecule has 0 bridgehead atoms. The molecule has 3 heterocycles. The molecular formula is C63H54BO6. The molecular weight excluding hydrogens is 863 g/mol. The maximum atomic E-state index is 13.3. The second-order valence-corrected chi connectivity index (χ2v) is 21.3. The fourth-order valence-corrected chi connectivity index (χ4v) is 9.25. The van der Waals surface area contributed by atoms with Gasteiger partial charge in [0.15, 0.2) is 0 Å². The highest BCUT2D eigenvalue weighted by atomic mass is 16.4. The summed E-state index contributed by atoms with van der Waals surface area (Å²) in [6.45, 7) is 18.4. The summed E-state index contributed by atoms with van der Waals surface area (Å²) in [5.41, 5.74) is 9.95. The van der Waals surface area contributed by atoms with Crippen LogP contribution in [0.15, 0.2) is 191 Å². The van der Waals surface area contributed by atoms with Crippen molar-refractivity contribution in [2.24, 2.45) is 0 Å². The molecule has 0 amide bonds. The first-order valence-electron chi connectivity index (χ1n) is 23.5. The highest BCUT2D eigenvalue weighted by Gasteiger charge is 2.23. The highest BCUT2D eigenvalue weighted by molar-refractivity contribution is 5.98. The molecule has 6 nitrogen and oxygen atoms in total. The van der Waals surface area contributed by atoms with Crippen LogP contribution in [0, 0.1) is 0 Å². The van der Waals surface area contributed by atoms with E-state index in [-0.39, 0.29) is 41.5 Å². The van der Waals surface area contributed by atoms with Gasteiger partial charge >= 0.3 is 16.9 Å². The predicted octanol–water partition coefficient (Wildman–Crippen LogP) is 15.5. The SMILES string of the molecule is CC(C)(C)c1cc2cc(-c3ccccc3-c3cc(-c4ccccc4-c4ccc5c(=O)oc(C(C)(C)C)cc5c4)cc(-c4ccccc4-c4ccc5c(=O)oc(C(C)(C)C)cc5c4)c3)ccc2c(=O)o1.[B]. The van der Waals surface area contributed by atoms with Gasteiger partial charge in [-0.2, -0.15) is 0 Å². The van der Waals surface area contributed by atoms with Gasteiger partial charge < -0.3 is 13.3 Å². The van der Waals surface area contributed by atoms with E-state index in [0.717, 1.165) is 82.9 Å². The first-order valence-corrected chi connectivity index (χ1v) is 23.5. The van der Waals surface area contributed by atoms with E-state index in [2.05, 4.69) is 109 Å². The Balaban J connectivity index is 0.00000608. The van der Waals surface area contributed by atoms with Crippen LogP contribution in [0.4, 0.5) is 0 Å². The maximum Gasteiger partial charge on any atom is 0.343 e. The summed E-state index contributed by atoms with van der Waals surface area (Å²) >= 11 is 0. The molecule has 0 fully saturated rings. The largest absolute Gasteiger partial charge is 0.427 e. The van der Waals surface area contributed by atoms with Crippen LogP contribution in [0.1, 0.15) is 79.6 Å². The lowest BCUT2D eigenvalue weighted by molar-refractivity contribution is 0.382. The van der Waals surface area contributed by atoms with Gasteiger partial charge in [-0.15, -0.1) is 0 Å². The minimum absolute atomic E-state index is 0. The Hall–Kier alpha value is -7.77. The molecule has 0 spiro atoms. The zero-order valence-electron chi connectivity index (χ0n) is 41.1. The number of hydrogen-bond donors (Lipinski definition) is 0. The quantitative estimate of drug-likeness (QED) is 0.154. The minimum atomic E-state index is -0.349. The van der Waals surface area contributed by atoms with Crippen LogP contribution >= 0.6 is 0 Å². The Bertz CT molecular complexity index is 3450. The fraction of sp³-hybridized carbons (Fsp3) is 0.190. The lowest BCUT2D eigenvalue weighted by Gasteiger charge is -2.19. The van der Waals surface area contributed by atoms with Crippen molar-refractivity contribution in [3.05, 3.63) is 212 Å². The summed E-state index contributed by atoms with van der Waals surface area (Å²) in [7, 11) is 0. The molecule has 345 valence electrons. The summed E-state index contributed by atoms with van der Waals surface area (Å²) < 4.78 is 17.4. The number of rotatable bonds is 6. The summed E-state index contributed by atoms with van der Waals surface area (Å²) in [5, 5.41) is 4.09. The molecule has 70 heavy (non-hydrogen) atoms. The van der Waals surface area contributed by atoms with Crippen LogP contribution in [-0.4, -0.2) is 8.41 Å². The van der Waals surface area contributed by atoms with E-state index in [1.54, 1.807) is 0 Å². The third-order valence-electron chi connectivity index (χ3n) is 13.1. The highest BCUT2D eigenvalue weighted by Crippen LogP contribution is 2.43. The lowest BCUT2D eigenvalue weighted by Crippen LogP contribution is -2.14. The topological polar surface area (TPSA) is 90.6 Å². The van der Waals surface area contributed by atoms with Crippen molar-refractivity contribution in [2.75, 3.05) is 0 Å². The summed E-state index contributed by atoms with van der Waals surface area (Å²) in [4.78, 5) is 39.8. The predicted molar refractivity (Wildman–Crippen MR) is 289 cm³/mol. The number of benzene rings is 7. The molecule has 0 unspecified atom stereocenters. The van der Waals surface area contributed by atoms with Gasteiger partial charge in [-0.05, 0) is 156 Å². The molecule has 3 aromatic heterocycles. The van der Waals surface area contributed by atoms with Gasteiger partial charge in [0.25, 0.3) is 0 Å². The zero-order valence-corrected chi connectivity index (χ0v) is 41.1. The summed E-state index contributed by atoms with van der Waals surface area (Å²) in [6.07, 6.45) is 0. The van der Waals surface area contributed by atoms with Crippen molar-refractivity contribution in [1.29, 1.82) is 0 Å². The molecule has 0 saturated heterocycles. The molecule has 0 N–H and O–H groups in total. The Morgan fingerprint density at radius 2 is 0.514 bits per heavy atom. The van der Waals surface area contributed by atoms with Crippen molar-refractivity contribution in [3.63, 3.8) is 0 Å². The standard InChI is InChI=1S/C63H54O6.B/c1-61(2,3)55-34-43-28-37(22-25-52(43)58(64)67-55)46-16-10-13-19-49(46)40-31-41(50-20-14-11-17-47(50)38-23-26-53-44(29-38)35-56(62(4,5)6)68-59(53)65)33-42(32-40)51-21-15-12-18-48(51)39-24-27-54-45(30-39)36-57(63(7,8)9)69-60(54)66;/h10-36H,1-9H3;. The van der Waals surface area contributed by atoms with E-state index in [1.165, 1.54) is 0 Å². The second-order valence-electron chi connectivity index (χ2n) is 21.3. The summed E-state index contributed by atoms with van der Waals surface area (Å²) in [5.74, 6) is 1.90. The third-order valence-corrected chi connectivity index (χ3v) is 13.1. The van der Waals surface area contributed by atoms with Gasteiger partial charge in [0.1, 0.15) is 17.3 Å². The van der Waals surface area contributed by atoms with Crippen molar-refractivity contribution >= 4 is 40.7 Å². The van der Waals surface area contributed by atoms with Crippen LogP contribution in [0.5, 0.6) is 0 Å². The van der Waals surface area contributed by atoms with E-state index >= 15 is 0 Å². The molecule has 7 heteroatoms. The molecule has 10 rings (SSSR count). The Kier molecular flexibility index (Phi) is 11.9. The normalized spacial score (nSPS) is 12.1. The smallest absolute Gasteiger partial charge is 0.343 e. The van der Waals surface area contributed by atoms with E-state index in [4.69, 9.17) is 13.3 Å². The Labute approximate surface area is 409 Å². The van der Waals surface area contributed by atoms with Crippen molar-refractivity contribution in [1.82, 2.24) is 0 Å². The number of hydrogen-bond acceptors (Lipinski definition) is 6.